The average Bonchev–Trinajstić information content (AvgIpc) is 2.42. The molecule has 0 spiro atoms. The predicted octanol–water partition coefficient (Wildman–Crippen LogP) is 2.63. The third-order valence-corrected chi connectivity index (χ3v) is 3.73. The minimum atomic E-state index is -0.0426. The van der Waals surface area contributed by atoms with E-state index in [4.69, 9.17) is 0 Å². The highest BCUT2D eigenvalue weighted by Gasteiger charge is 2.18. The Kier molecular flexibility index (Phi) is 4.55. The second kappa shape index (κ2) is 6.36. The summed E-state index contributed by atoms with van der Waals surface area (Å²) in [6, 6.07) is 5.67. The zero-order valence-electron chi connectivity index (χ0n) is 11.2. The zero-order valence-corrected chi connectivity index (χ0v) is 11.2. The monoisotopic (exact) mass is 260 g/mol. The summed E-state index contributed by atoms with van der Waals surface area (Å²) in [6.07, 6.45) is 6.41. The van der Waals surface area contributed by atoms with Gasteiger partial charge in [0.2, 0.25) is 6.41 Å². The smallest absolute Gasteiger partial charge is 0.251 e. The van der Waals surface area contributed by atoms with Gasteiger partial charge in [-0.2, -0.15) is 0 Å². The van der Waals surface area contributed by atoms with Crippen molar-refractivity contribution >= 4 is 18.0 Å². The van der Waals surface area contributed by atoms with E-state index < -0.39 is 0 Å². The Bertz CT molecular complexity index is 465. The number of anilines is 1. The number of benzene rings is 1. The molecule has 19 heavy (non-hydrogen) atoms. The molecule has 0 bridgehead atoms. The van der Waals surface area contributed by atoms with Gasteiger partial charge in [0.1, 0.15) is 0 Å². The molecule has 102 valence electrons. The molecule has 0 heterocycles. The van der Waals surface area contributed by atoms with E-state index >= 15 is 0 Å². The van der Waals surface area contributed by atoms with Crippen molar-refractivity contribution in [3.63, 3.8) is 0 Å². The van der Waals surface area contributed by atoms with Crippen molar-refractivity contribution in [1.82, 2.24) is 5.32 Å². The van der Waals surface area contributed by atoms with Crippen LogP contribution in [0.2, 0.25) is 0 Å². The fourth-order valence-electron chi connectivity index (χ4n) is 2.61. The number of hydrogen-bond donors (Lipinski definition) is 2. The fraction of sp³-hybridized carbons (Fsp3) is 0.467. The maximum absolute atomic E-state index is 12.3. The Morgan fingerprint density at radius 1 is 1.26 bits per heavy atom. The zero-order chi connectivity index (χ0) is 13.7. The van der Waals surface area contributed by atoms with Crippen LogP contribution in [0, 0.1) is 6.92 Å². The highest BCUT2D eigenvalue weighted by Crippen LogP contribution is 2.21. The average molecular weight is 260 g/mol. The predicted molar refractivity (Wildman–Crippen MR) is 75.2 cm³/mol. The standard InChI is InChI=1S/C15H20N2O2/c1-11-13(8-5-9-14(11)16-10-18)15(19)17-12-6-3-2-4-7-12/h5,8-10,12H,2-4,6-7H2,1H3,(H,16,18)(H,17,19). The van der Waals surface area contributed by atoms with Crippen LogP contribution in [0.3, 0.4) is 0 Å². The molecule has 0 saturated heterocycles. The normalized spacial score (nSPS) is 15.8. The summed E-state index contributed by atoms with van der Waals surface area (Å²) in [5.41, 5.74) is 2.13. The van der Waals surface area contributed by atoms with Crippen LogP contribution in [0.15, 0.2) is 18.2 Å². The lowest BCUT2D eigenvalue weighted by Crippen LogP contribution is -2.36. The van der Waals surface area contributed by atoms with Crippen LogP contribution < -0.4 is 10.6 Å². The molecule has 0 radical (unpaired) electrons. The van der Waals surface area contributed by atoms with Crippen molar-refractivity contribution in [2.75, 3.05) is 5.32 Å². The summed E-state index contributed by atoms with van der Waals surface area (Å²) in [5.74, 6) is -0.0426. The van der Waals surface area contributed by atoms with E-state index in [2.05, 4.69) is 10.6 Å². The van der Waals surface area contributed by atoms with Gasteiger partial charge in [0, 0.05) is 17.3 Å². The van der Waals surface area contributed by atoms with Crippen molar-refractivity contribution in [2.45, 2.75) is 45.1 Å². The Morgan fingerprint density at radius 3 is 2.68 bits per heavy atom. The molecule has 1 aliphatic rings. The Morgan fingerprint density at radius 2 is 2.00 bits per heavy atom. The fourth-order valence-corrected chi connectivity index (χ4v) is 2.61. The van der Waals surface area contributed by atoms with Crippen LogP contribution in [0.4, 0.5) is 5.69 Å². The van der Waals surface area contributed by atoms with Gasteiger partial charge >= 0.3 is 0 Å². The third-order valence-electron chi connectivity index (χ3n) is 3.73. The number of amides is 2. The molecule has 2 rings (SSSR count). The van der Waals surface area contributed by atoms with Gasteiger partial charge < -0.3 is 10.6 Å². The first kappa shape index (κ1) is 13.6. The molecule has 0 atom stereocenters. The van der Waals surface area contributed by atoms with E-state index in [-0.39, 0.29) is 5.91 Å². The van der Waals surface area contributed by atoms with E-state index in [1.807, 2.05) is 6.92 Å². The molecule has 4 nitrogen and oxygen atoms in total. The van der Waals surface area contributed by atoms with E-state index in [1.165, 1.54) is 19.3 Å². The van der Waals surface area contributed by atoms with Gasteiger partial charge in [-0.25, -0.2) is 0 Å². The van der Waals surface area contributed by atoms with Gasteiger partial charge in [-0.1, -0.05) is 25.3 Å². The van der Waals surface area contributed by atoms with Crippen LogP contribution in [0.5, 0.6) is 0 Å². The van der Waals surface area contributed by atoms with Crippen LogP contribution in [0.25, 0.3) is 0 Å². The first-order valence-electron chi connectivity index (χ1n) is 6.83. The van der Waals surface area contributed by atoms with Gasteiger partial charge in [-0.05, 0) is 37.5 Å². The molecule has 2 N–H and O–H groups in total. The molecular formula is C15H20N2O2. The quantitative estimate of drug-likeness (QED) is 0.818. The molecule has 0 aromatic heterocycles. The van der Waals surface area contributed by atoms with E-state index in [0.717, 1.165) is 18.4 Å². The Balaban J connectivity index is 2.09. The second-order valence-electron chi connectivity index (χ2n) is 5.05. The Labute approximate surface area is 113 Å². The maximum atomic E-state index is 12.3. The topological polar surface area (TPSA) is 58.2 Å². The summed E-state index contributed by atoms with van der Waals surface area (Å²) >= 11 is 0. The van der Waals surface area contributed by atoms with E-state index in [9.17, 15) is 9.59 Å². The van der Waals surface area contributed by atoms with E-state index in [0.29, 0.717) is 23.7 Å². The lowest BCUT2D eigenvalue weighted by atomic mass is 9.95. The molecular weight excluding hydrogens is 240 g/mol. The molecule has 1 aromatic carbocycles. The lowest BCUT2D eigenvalue weighted by Gasteiger charge is -2.23. The minimum absolute atomic E-state index is 0.0426. The molecule has 4 heteroatoms. The van der Waals surface area contributed by atoms with Crippen LogP contribution >= 0.6 is 0 Å². The molecule has 0 unspecified atom stereocenters. The summed E-state index contributed by atoms with van der Waals surface area (Å²) in [6.45, 7) is 1.85. The highest BCUT2D eigenvalue weighted by molar-refractivity contribution is 5.97. The largest absolute Gasteiger partial charge is 0.349 e. The third kappa shape index (κ3) is 3.34. The summed E-state index contributed by atoms with van der Waals surface area (Å²) in [7, 11) is 0. The minimum Gasteiger partial charge on any atom is -0.349 e. The van der Waals surface area contributed by atoms with Crippen LogP contribution in [0.1, 0.15) is 48.0 Å². The van der Waals surface area contributed by atoms with Crippen LogP contribution in [-0.2, 0) is 4.79 Å². The second-order valence-corrected chi connectivity index (χ2v) is 5.05. The summed E-state index contributed by atoms with van der Waals surface area (Å²) < 4.78 is 0. The van der Waals surface area contributed by atoms with Gasteiger partial charge in [0.05, 0.1) is 0 Å². The van der Waals surface area contributed by atoms with Gasteiger partial charge in [0.15, 0.2) is 0 Å². The van der Waals surface area contributed by atoms with Crippen LogP contribution in [-0.4, -0.2) is 18.4 Å². The first-order chi connectivity index (χ1) is 9.22. The number of carbonyl (C=O) groups is 2. The molecule has 1 aromatic rings. The van der Waals surface area contributed by atoms with Crippen molar-refractivity contribution in [1.29, 1.82) is 0 Å². The molecule has 0 aliphatic heterocycles. The summed E-state index contributed by atoms with van der Waals surface area (Å²) in [4.78, 5) is 22.8. The molecule has 1 aliphatic carbocycles. The van der Waals surface area contributed by atoms with E-state index in [1.54, 1.807) is 18.2 Å². The number of rotatable bonds is 4. The number of carbonyl (C=O) groups excluding carboxylic acids is 2. The van der Waals surface area contributed by atoms with Crippen molar-refractivity contribution in [2.24, 2.45) is 0 Å². The van der Waals surface area contributed by atoms with Gasteiger partial charge in [-0.15, -0.1) is 0 Å². The number of hydrogen-bond acceptors (Lipinski definition) is 2. The van der Waals surface area contributed by atoms with Gasteiger partial charge in [-0.3, -0.25) is 9.59 Å². The SMILES string of the molecule is Cc1c(NC=O)cccc1C(=O)NC1CCCCC1. The van der Waals surface area contributed by atoms with Crippen molar-refractivity contribution in [3.8, 4) is 0 Å². The number of nitrogens with one attached hydrogen (secondary N) is 2. The Hall–Kier alpha value is -1.84. The van der Waals surface area contributed by atoms with Crippen molar-refractivity contribution in [3.05, 3.63) is 29.3 Å². The highest BCUT2D eigenvalue weighted by atomic mass is 16.1. The lowest BCUT2D eigenvalue weighted by molar-refractivity contribution is -0.105. The maximum Gasteiger partial charge on any atom is 0.251 e. The summed E-state index contributed by atoms with van der Waals surface area (Å²) in [5, 5.41) is 5.70. The molecule has 1 saturated carbocycles. The molecule has 1 fully saturated rings. The first-order valence-corrected chi connectivity index (χ1v) is 6.83. The molecule has 2 amide bonds. The van der Waals surface area contributed by atoms with Crippen molar-refractivity contribution < 1.29 is 9.59 Å². The van der Waals surface area contributed by atoms with Gasteiger partial charge in [0.25, 0.3) is 5.91 Å².